The topological polar surface area (TPSA) is 63.3 Å². The minimum absolute atomic E-state index is 0.0857. The number of rotatable bonds is 2. The molecule has 0 saturated carbocycles. The van der Waals surface area contributed by atoms with Crippen LogP contribution in [0, 0.1) is 0 Å². The number of aliphatic hydroxyl groups excluding tert-OH is 1. The van der Waals surface area contributed by atoms with Gasteiger partial charge in [-0.15, -0.1) is 0 Å². The zero-order valence-electron chi connectivity index (χ0n) is 4.10. The van der Waals surface area contributed by atoms with Crippen molar-refractivity contribution in [3.63, 3.8) is 0 Å². The van der Waals surface area contributed by atoms with Crippen LogP contribution in [0.1, 0.15) is 0 Å². The number of carbonyl (C=O) groups is 1. The van der Waals surface area contributed by atoms with Gasteiger partial charge in [0, 0.05) is 0 Å². The highest BCUT2D eigenvalue weighted by Crippen LogP contribution is 2.02. The molecular formula is C4H6BrNO2. The molecule has 0 bridgehead atoms. The SMILES string of the molecule is NCC(=O)/C(Br)=C\O. The third-order valence-corrected chi connectivity index (χ3v) is 1.21. The first kappa shape index (κ1) is 7.65. The molecule has 0 aromatic heterocycles. The molecule has 8 heavy (non-hydrogen) atoms. The largest absolute Gasteiger partial charge is 0.514 e. The van der Waals surface area contributed by atoms with Gasteiger partial charge in [-0.2, -0.15) is 0 Å². The first-order valence-corrected chi connectivity index (χ1v) is 2.74. The molecule has 0 aromatic carbocycles. The molecule has 0 radical (unpaired) electrons. The number of aliphatic hydroxyl groups is 1. The van der Waals surface area contributed by atoms with Gasteiger partial charge in [0.2, 0.25) is 0 Å². The molecule has 0 atom stereocenters. The molecule has 0 heterocycles. The number of ketones is 1. The Labute approximate surface area is 55.3 Å². The summed E-state index contributed by atoms with van der Waals surface area (Å²) in [6, 6.07) is 0. The summed E-state index contributed by atoms with van der Waals surface area (Å²) in [6.45, 7) is -0.0857. The average molecular weight is 180 g/mol. The molecule has 46 valence electrons. The van der Waals surface area contributed by atoms with Crippen molar-refractivity contribution in [1.82, 2.24) is 0 Å². The molecule has 3 N–H and O–H groups in total. The number of carbonyl (C=O) groups excluding carboxylic acids is 1. The monoisotopic (exact) mass is 179 g/mol. The fraction of sp³-hybridized carbons (Fsp3) is 0.250. The molecule has 0 amide bonds. The van der Waals surface area contributed by atoms with Crippen LogP contribution < -0.4 is 5.73 Å². The molecule has 0 aliphatic carbocycles. The fourth-order valence-corrected chi connectivity index (χ4v) is 0.331. The Balaban J connectivity index is 3.83. The van der Waals surface area contributed by atoms with Gasteiger partial charge in [-0.25, -0.2) is 0 Å². The van der Waals surface area contributed by atoms with E-state index >= 15 is 0 Å². The summed E-state index contributed by atoms with van der Waals surface area (Å²) < 4.78 is 0.111. The Hall–Kier alpha value is -0.350. The highest BCUT2D eigenvalue weighted by molar-refractivity contribution is 9.12. The molecule has 3 nitrogen and oxygen atoms in total. The predicted octanol–water partition coefficient (Wildman–Crippen LogP) is 0.308. The average Bonchev–Trinajstić information content (AvgIpc) is 1.84. The lowest BCUT2D eigenvalue weighted by Crippen LogP contribution is -2.12. The van der Waals surface area contributed by atoms with E-state index in [1.807, 2.05) is 0 Å². The fourth-order valence-electron chi connectivity index (χ4n) is 0.169. The van der Waals surface area contributed by atoms with Crippen LogP contribution in [0.15, 0.2) is 10.7 Å². The Morgan fingerprint density at radius 1 is 1.88 bits per heavy atom. The summed E-state index contributed by atoms with van der Waals surface area (Å²) in [7, 11) is 0. The number of hydrogen-bond donors (Lipinski definition) is 2. The molecule has 0 spiro atoms. The Kier molecular flexibility index (Phi) is 3.47. The maximum Gasteiger partial charge on any atom is 0.186 e. The van der Waals surface area contributed by atoms with Gasteiger partial charge in [-0.1, -0.05) is 0 Å². The number of halogens is 1. The van der Waals surface area contributed by atoms with Gasteiger partial charge < -0.3 is 10.8 Å². The van der Waals surface area contributed by atoms with Crippen LogP contribution >= 0.6 is 15.9 Å². The van der Waals surface area contributed by atoms with Gasteiger partial charge in [-0.05, 0) is 15.9 Å². The van der Waals surface area contributed by atoms with Crippen molar-refractivity contribution >= 4 is 21.7 Å². The maximum atomic E-state index is 10.3. The Bertz CT molecular complexity index is 121. The molecule has 4 heteroatoms. The van der Waals surface area contributed by atoms with Crippen molar-refractivity contribution in [2.24, 2.45) is 5.73 Å². The van der Waals surface area contributed by atoms with Crippen molar-refractivity contribution in [1.29, 1.82) is 0 Å². The van der Waals surface area contributed by atoms with Crippen molar-refractivity contribution in [2.75, 3.05) is 6.54 Å². The third kappa shape index (κ3) is 2.09. The van der Waals surface area contributed by atoms with Gasteiger partial charge in [0.25, 0.3) is 0 Å². The summed E-state index contributed by atoms with van der Waals surface area (Å²) in [4.78, 5) is 10.3. The quantitative estimate of drug-likeness (QED) is 0.474. The first-order chi connectivity index (χ1) is 3.72. The summed E-state index contributed by atoms with van der Waals surface area (Å²) in [5.74, 6) is -0.312. The van der Waals surface area contributed by atoms with Crippen LogP contribution in [-0.4, -0.2) is 17.4 Å². The number of nitrogens with two attached hydrogens (primary N) is 1. The molecule has 0 rings (SSSR count). The second-order valence-electron chi connectivity index (χ2n) is 1.10. The second-order valence-corrected chi connectivity index (χ2v) is 1.96. The lowest BCUT2D eigenvalue weighted by Gasteiger charge is -1.88. The van der Waals surface area contributed by atoms with E-state index in [-0.39, 0.29) is 16.8 Å². The van der Waals surface area contributed by atoms with Gasteiger partial charge in [-0.3, -0.25) is 4.79 Å². The summed E-state index contributed by atoms with van der Waals surface area (Å²) >= 11 is 2.78. The van der Waals surface area contributed by atoms with Crippen molar-refractivity contribution in [2.45, 2.75) is 0 Å². The Morgan fingerprint density at radius 2 is 2.38 bits per heavy atom. The summed E-state index contributed by atoms with van der Waals surface area (Å²) in [5.41, 5.74) is 4.92. The smallest absolute Gasteiger partial charge is 0.186 e. The highest BCUT2D eigenvalue weighted by Gasteiger charge is 2.00. The van der Waals surface area contributed by atoms with Crippen LogP contribution in [0.5, 0.6) is 0 Å². The van der Waals surface area contributed by atoms with Crippen LogP contribution in [0.4, 0.5) is 0 Å². The highest BCUT2D eigenvalue weighted by atomic mass is 79.9. The maximum absolute atomic E-state index is 10.3. The normalized spacial score (nSPS) is 11.5. The summed E-state index contributed by atoms with van der Waals surface area (Å²) in [5, 5.41) is 8.15. The van der Waals surface area contributed by atoms with Gasteiger partial charge in [0.1, 0.15) is 0 Å². The van der Waals surface area contributed by atoms with E-state index in [1.54, 1.807) is 0 Å². The number of Topliss-reactive ketones (excluding diaryl/α,β-unsaturated/α-hetero) is 1. The summed E-state index contributed by atoms with van der Waals surface area (Å²) in [6.07, 6.45) is 0.676. The van der Waals surface area contributed by atoms with E-state index in [0.29, 0.717) is 6.26 Å². The first-order valence-electron chi connectivity index (χ1n) is 1.95. The Morgan fingerprint density at radius 3 is 2.50 bits per heavy atom. The number of hydrogen-bond acceptors (Lipinski definition) is 3. The molecular weight excluding hydrogens is 174 g/mol. The van der Waals surface area contributed by atoms with E-state index in [9.17, 15) is 4.79 Å². The van der Waals surface area contributed by atoms with E-state index < -0.39 is 0 Å². The minimum atomic E-state index is -0.312. The second kappa shape index (κ2) is 3.63. The van der Waals surface area contributed by atoms with E-state index in [1.165, 1.54) is 0 Å². The predicted molar refractivity (Wildman–Crippen MR) is 33.7 cm³/mol. The van der Waals surface area contributed by atoms with Crippen molar-refractivity contribution < 1.29 is 9.90 Å². The molecule has 0 fully saturated rings. The van der Waals surface area contributed by atoms with E-state index in [2.05, 4.69) is 15.9 Å². The van der Waals surface area contributed by atoms with Crippen LogP contribution in [0.25, 0.3) is 0 Å². The molecule has 0 aliphatic heterocycles. The van der Waals surface area contributed by atoms with Crippen LogP contribution in [-0.2, 0) is 4.79 Å². The minimum Gasteiger partial charge on any atom is -0.514 e. The van der Waals surface area contributed by atoms with Crippen LogP contribution in [0.2, 0.25) is 0 Å². The standard InChI is InChI=1S/C4H6BrNO2/c5-3(2-7)4(8)1-6/h2,7H,1,6H2/b3-2+. The molecule has 0 aliphatic rings. The zero-order chi connectivity index (χ0) is 6.57. The molecule has 0 unspecified atom stereocenters. The van der Waals surface area contributed by atoms with Gasteiger partial charge in [0.05, 0.1) is 17.3 Å². The third-order valence-electron chi connectivity index (χ3n) is 0.565. The lowest BCUT2D eigenvalue weighted by atomic mass is 10.4. The molecule has 0 aromatic rings. The zero-order valence-corrected chi connectivity index (χ0v) is 5.68. The lowest BCUT2D eigenvalue weighted by molar-refractivity contribution is -0.113. The van der Waals surface area contributed by atoms with Gasteiger partial charge in [0.15, 0.2) is 5.78 Å². The van der Waals surface area contributed by atoms with E-state index in [0.717, 1.165) is 0 Å². The van der Waals surface area contributed by atoms with E-state index in [4.69, 9.17) is 10.8 Å². The van der Waals surface area contributed by atoms with Crippen molar-refractivity contribution in [3.05, 3.63) is 10.7 Å². The van der Waals surface area contributed by atoms with Gasteiger partial charge >= 0.3 is 0 Å². The van der Waals surface area contributed by atoms with Crippen LogP contribution in [0.3, 0.4) is 0 Å². The van der Waals surface area contributed by atoms with Crippen molar-refractivity contribution in [3.8, 4) is 0 Å². The molecule has 0 saturated heterocycles.